The normalized spacial score (nSPS) is 21.8. The van der Waals surface area contributed by atoms with Gasteiger partial charge in [0.2, 0.25) is 0 Å². The molecule has 0 saturated carbocycles. The highest BCUT2D eigenvalue weighted by atomic mass is 16.5. The highest BCUT2D eigenvalue weighted by molar-refractivity contribution is 5.82. The minimum atomic E-state index is -0.624. The summed E-state index contributed by atoms with van der Waals surface area (Å²) in [6.07, 6.45) is 1.12. The highest BCUT2D eigenvalue weighted by Crippen LogP contribution is 2.20. The number of nitrogens with zero attached hydrogens (tertiary/aromatic N) is 1. The van der Waals surface area contributed by atoms with Crippen LogP contribution in [0.3, 0.4) is 0 Å². The van der Waals surface area contributed by atoms with Crippen molar-refractivity contribution in [2.45, 2.75) is 18.2 Å². The molecule has 2 aromatic rings. The Hall–Kier alpha value is -2.28. The monoisotopic (exact) mass is 312 g/mol. The number of carbonyl (C=O) groups excluding carboxylic acids is 1. The van der Waals surface area contributed by atoms with Crippen molar-refractivity contribution in [2.24, 2.45) is 0 Å². The largest absolute Gasteiger partial charge is 0.367 e. The van der Waals surface area contributed by atoms with Gasteiger partial charge in [0, 0.05) is 19.9 Å². The molecule has 1 aromatic carbocycles. The molecule has 1 aliphatic rings. The molecule has 3 atom stereocenters. The Morgan fingerprint density at radius 3 is 2.74 bits per heavy atom. The van der Waals surface area contributed by atoms with Gasteiger partial charge in [-0.05, 0) is 17.7 Å². The zero-order valence-corrected chi connectivity index (χ0v) is 12.9. The molecule has 120 valence electrons. The molecule has 0 spiro atoms. The second kappa shape index (κ2) is 7.32. The molecule has 0 bridgehead atoms. The summed E-state index contributed by atoms with van der Waals surface area (Å²) in [7, 11) is 1.54. The summed E-state index contributed by atoms with van der Waals surface area (Å²) in [5.74, 6) is -0.157. The first-order valence-corrected chi connectivity index (χ1v) is 7.57. The number of aromatic nitrogens is 1. The van der Waals surface area contributed by atoms with Crippen molar-refractivity contribution < 1.29 is 9.53 Å². The molecule has 2 heterocycles. The maximum atomic E-state index is 12.6. The third-order valence-corrected chi connectivity index (χ3v) is 3.89. The van der Waals surface area contributed by atoms with Gasteiger partial charge < -0.3 is 10.1 Å². The Bertz CT molecular complexity index is 636. The molecular formula is C17H20N4O2. The number of ether oxygens (including phenoxy) is 1. The SMILES string of the molecule is COC(C(=O)NC1CNNC1c1ccccn1)c1ccccc1. The molecule has 0 radical (unpaired) electrons. The number of hydrazine groups is 1. The minimum Gasteiger partial charge on any atom is -0.367 e. The molecule has 1 amide bonds. The molecule has 1 aromatic heterocycles. The second-order valence-corrected chi connectivity index (χ2v) is 5.40. The van der Waals surface area contributed by atoms with Crippen LogP contribution < -0.4 is 16.2 Å². The lowest BCUT2D eigenvalue weighted by Crippen LogP contribution is -2.43. The first-order chi connectivity index (χ1) is 11.3. The van der Waals surface area contributed by atoms with Crippen LogP contribution >= 0.6 is 0 Å². The number of hydrogen-bond acceptors (Lipinski definition) is 5. The highest BCUT2D eigenvalue weighted by Gasteiger charge is 2.32. The molecule has 1 fully saturated rings. The van der Waals surface area contributed by atoms with Crippen LogP contribution in [0.2, 0.25) is 0 Å². The van der Waals surface area contributed by atoms with E-state index in [0.717, 1.165) is 11.3 Å². The number of rotatable bonds is 5. The Morgan fingerprint density at radius 1 is 1.26 bits per heavy atom. The van der Waals surface area contributed by atoms with Crippen molar-refractivity contribution in [1.29, 1.82) is 0 Å². The average Bonchev–Trinajstić information content (AvgIpc) is 3.05. The molecule has 3 unspecified atom stereocenters. The molecule has 1 aliphatic heterocycles. The first-order valence-electron chi connectivity index (χ1n) is 7.57. The number of pyridine rings is 1. The number of amides is 1. The number of methoxy groups -OCH3 is 1. The fourth-order valence-corrected chi connectivity index (χ4v) is 2.75. The van der Waals surface area contributed by atoms with E-state index in [-0.39, 0.29) is 18.0 Å². The van der Waals surface area contributed by atoms with Crippen molar-refractivity contribution >= 4 is 5.91 Å². The lowest BCUT2D eigenvalue weighted by atomic mass is 10.0. The second-order valence-electron chi connectivity index (χ2n) is 5.40. The van der Waals surface area contributed by atoms with Gasteiger partial charge in [-0.2, -0.15) is 0 Å². The van der Waals surface area contributed by atoms with E-state index in [1.54, 1.807) is 13.3 Å². The summed E-state index contributed by atoms with van der Waals surface area (Å²) in [6, 6.07) is 15.0. The van der Waals surface area contributed by atoms with Gasteiger partial charge in [-0.1, -0.05) is 36.4 Å². The van der Waals surface area contributed by atoms with E-state index < -0.39 is 6.10 Å². The van der Waals surface area contributed by atoms with E-state index in [0.29, 0.717) is 6.54 Å². The van der Waals surface area contributed by atoms with Gasteiger partial charge in [0.25, 0.3) is 5.91 Å². The smallest absolute Gasteiger partial charge is 0.254 e. The summed E-state index contributed by atoms with van der Waals surface area (Å²) in [4.78, 5) is 17.0. The first kappa shape index (κ1) is 15.6. The summed E-state index contributed by atoms with van der Waals surface area (Å²) in [6.45, 7) is 0.623. The topological polar surface area (TPSA) is 75.3 Å². The Kier molecular flexibility index (Phi) is 4.97. The standard InChI is InChI=1S/C17H20N4O2/c1-23-16(12-7-3-2-4-8-12)17(22)20-14-11-19-21-15(14)13-9-5-6-10-18-13/h2-10,14-16,19,21H,11H2,1H3,(H,20,22). The summed E-state index contributed by atoms with van der Waals surface area (Å²) >= 11 is 0. The van der Waals surface area contributed by atoms with Gasteiger partial charge in [0.15, 0.2) is 6.10 Å². The average molecular weight is 312 g/mol. The van der Waals surface area contributed by atoms with E-state index in [2.05, 4.69) is 21.2 Å². The van der Waals surface area contributed by atoms with Crippen LogP contribution in [0.15, 0.2) is 54.7 Å². The van der Waals surface area contributed by atoms with Crippen LogP contribution in [-0.2, 0) is 9.53 Å². The molecule has 3 rings (SSSR count). The molecule has 23 heavy (non-hydrogen) atoms. The quantitative estimate of drug-likeness (QED) is 0.771. The fourth-order valence-electron chi connectivity index (χ4n) is 2.75. The lowest BCUT2D eigenvalue weighted by molar-refractivity contribution is -0.132. The molecule has 0 aliphatic carbocycles. The van der Waals surface area contributed by atoms with Crippen molar-refractivity contribution in [3.8, 4) is 0 Å². The Labute approximate surface area is 135 Å². The van der Waals surface area contributed by atoms with Crippen molar-refractivity contribution in [1.82, 2.24) is 21.2 Å². The van der Waals surface area contributed by atoms with Crippen molar-refractivity contribution in [3.05, 3.63) is 66.0 Å². The molecule has 3 N–H and O–H groups in total. The van der Waals surface area contributed by atoms with E-state index in [9.17, 15) is 4.79 Å². The van der Waals surface area contributed by atoms with Crippen LogP contribution in [0.1, 0.15) is 23.4 Å². The van der Waals surface area contributed by atoms with Gasteiger partial charge in [-0.3, -0.25) is 15.2 Å². The minimum absolute atomic E-state index is 0.0755. The van der Waals surface area contributed by atoms with Crippen LogP contribution in [0.5, 0.6) is 0 Å². The molecule has 6 nitrogen and oxygen atoms in total. The van der Waals surface area contributed by atoms with Gasteiger partial charge >= 0.3 is 0 Å². The molecule has 1 saturated heterocycles. The number of carbonyl (C=O) groups is 1. The van der Waals surface area contributed by atoms with Crippen LogP contribution in [-0.4, -0.2) is 30.6 Å². The van der Waals surface area contributed by atoms with E-state index >= 15 is 0 Å². The summed E-state index contributed by atoms with van der Waals surface area (Å²) < 4.78 is 5.38. The number of hydrogen-bond donors (Lipinski definition) is 3. The van der Waals surface area contributed by atoms with Gasteiger partial charge in [-0.15, -0.1) is 0 Å². The number of nitrogens with one attached hydrogen (secondary N) is 3. The predicted octanol–water partition coefficient (Wildman–Crippen LogP) is 1.10. The maximum Gasteiger partial charge on any atom is 0.254 e. The van der Waals surface area contributed by atoms with Crippen LogP contribution in [0.4, 0.5) is 0 Å². The number of benzene rings is 1. The van der Waals surface area contributed by atoms with Gasteiger partial charge in [-0.25, -0.2) is 5.43 Å². The van der Waals surface area contributed by atoms with Crippen LogP contribution in [0.25, 0.3) is 0 Å². The fraction of sp³-hybridized carbons (Fsp3) is 0.294. The van der Waals surface area contributed by atoms with Crippen molar-refractivity contribution in [3.63, 3.8) is 0 Å². The molecule has 6 heteroatoms. The third-order valence-electron chi connectivity index (χ3n) is 3.89. The van der Waals surface area contributed by atoms with E-state index in [4.69, 9.17) is 4.74 Å². The molecular weight excluding hydrogens is 292 g/mol. The lowest BCUT2D eigenvalue weighted by Gasteiger charge is -2.22. The zero-order chi connectivity index (χ0) is 16.1. The van der Waals surface area contributed by atoms with E-state index in [1.165, 1.54) is 0 Å². The maximum absolute atomic E-state index is 12.6. The Morgan fingerprint density at radius 2 is 2.04 bits per heavy atom. The Balaban J connectivity index is 1.71. The zero-order valence-electron chi connectivity index (χ0n) is 12.9. The van der Waals surface area contributed by atoms with Gasteiger partial charge in [0.1, 0.15) is 0 Å². The summed E-state index contributed by atoms with van der Waals surface area (Å²) in [5, 5.41) is 3.05. The third kappa shape index (κ3) is 3.56. The van der Waals surface area contributed by atoms with E-state index in [1.807, 2.05) is 48.5 Å². The van der Waals surface area contributed by atoms with Crippen molar-refractivity contribution in [2.75, 3.05) is 13.7 Å². The van der Waals surface area contributed by atoms with Crippen LogP contribution in [0, 0.1) is 0 Å². The predicted molar refractivity (Wildman–Crippen MR) is 86.2 cm³/mol. The van der Waals surface area contributed by atoms with Gasteiger partial charge in [0.05, 0.1) is 17.8 Å². The summed E-state index contributed by atoms with van der Waals surface area (Å²) in [5.41, 5.74) is 7.95.